The van der Waals surface area contributed by atoms with Gasteiger partial charge in [0.15, 0.2) is 0 Å². The zero-order chi connectivity index (χ0) is 13.5. The van der Waals surface area contributed by atoms with Gasteiger partial charge in [-0.1, -0.05) is 35.9 Å². The highest BCUT2D eigenvalue weighted by molar-refractivity contribution is 6.30. The van der Waals surface area contributed by atoms with Crippen molar-refractivity contribution in [3.8, 4) is 0 Å². The summed E-state index contributed by atoms with van der Waals surface area (Å²) in [7, 11) is 0. The van der Waals surface area contributed by atoms with Gasteiger partial charge in [0.25, 0.3) is 0 Å². The fourth-order valence-electron chi connectivity index (χ4n) is 1.52. The van der Waals surface area contributed by atoms with Crippen LogP contribution in [0.2, 0.25) is 5.02 Å². The van der Waals surface area contributed by atoms with Gasteiger partial charge >= 0.3 is 0 Å². The van der Waals surface area contributed by atoms with E-state index >= 15 is 0 Å². The summed E-state index contributed by atoms with van der Waals surface area (Å²) < 4.78 is 0. The third-order valence-corrected chi connectivity index (χ3v) is 2.69. The SMILES string of the molecule is C=C(C)CN(CC)C(=O)/C=C/c1ccc(Cl)cc1. The van der Waals surface area contributed by atoms with E-state index in [2.05, 4.69) is 6.58 Å². The predicted octanol–water partition coefficient (Wildman–Crippen LogP) is 3.78. The van der Waals surface area contributed by atoms with Gasteiger partial charge in [-0.3, -0.25) is 4.79 Å². The van der Waals surface area contributed by atoms with Crippen LogP contribution in [0.1, 0.15) is 19.4 Å². The molecule has 0 heterocycles. The molecule has 0 N–H and O–H groups in total. The molecule has 1 rings (SSSR count). The molecular formula is C15H18ClNO. The number of carbonyl (C=O) groups is 1. The number of hydrogen-bond donors (Lipinski definition) is 0. The van der Waals surface area contributed by atoms with E-state index in [1.807, 2.05) is 26.0 Å². The van der Waals surface area contributed by atoms with E-state index in [0.717, 1.165) is 11.1 Å². The molecule has 0 aromatic heterocycles. The lowest BCUT2D eigenvalue weighted by atomic mass is 10.2. The molecule has 0 saturated heterocycles. The second-order valence-corrected chi connectivity index (χ2v) is 4.63. The quantitative estimate of drug-likeness (QED) is 0.585. The Morgan fingerprint density at radius 3 is 2.50 bits per heavy atom. The van der Waals surface area contributed by atoms with Crippen LogP contribution in [0.3, 0.4) is 0 Å². The first-order valence-electron chi connectivity index (χ1n) is 5.90. The Labute approximate surface area is 114 Å². The summed E-state index contributed by atoms with van der Waals surface area (Å²) in [6.45, 7) is 8.97. The van der Waals surface area contributed by atoms with Crippen LogP contribution in [0.25, 0.3) is 6.08 Å². The van der Waals surface area contributed by atoms with E-state index < -0.39 is 0 Å². The molecule has 0 aliphatic rings. The average Bonchev–Trinajstić information content (AvgIpc) is 2.34. The van der Waals surface area contributed by atoms with Gasteiger partial charge in [-0.2, -0.15) is 0 Å². The van der Waals surface area contributed by atoms with Crippen LogP contribution in [0.15, 0.2) is 42.5 Å². The first-order valence-corrected chi connectivity index (χ1v) is 6.27. The largest absolute Gasteiger partial charge is 0.335 e. The number of benzene rings is 1. The molecule has 0 saturated carbocycles. The molecule has 2 nitrogen and oxygen atoms in total. The van der Waals surface area contributed by atoms with Crippen LogP contribution in [0.5, 0.6) is 0 Å². The van der Waals surface area contributed by atoms with E-state index in [4.69, 9.17) is 11.6 Å². The molecular weight excluding hydrogens is 246 g/mol. The predicted molar refractivity (Wildman–Crippen MR) is 77.6 cm³/mol. The molecule has 1 aromatic carbocycles. The van der Waals surface area contributed by atoms with Crippen molar-refractivity contribution in [2.45, 2.75) is 13.8 Å². The second kappa shape index (κ2) is 7.02. The number of carbonyl (C=O) groups excluding carboxylic acids is 1. The maximum atomic E-state index is 11.9. The van der Waals surface area contributed by atoms with Gasteiger partial charge in [0.1, 0.15) is 0 Å². The smallest absolute Gasteiger partial charge is 0.246 e. The zero-order valence-electron chi connectivity index (χ0n) is 10.8. The molecule has 1 amide bonds. The molecule has 18 heavy (non-hydrogen) atoms. The third kappa shape index (κ3) is 4.76. The van der Waals surface area contributed by atoms with Crippen molar-refractivity contribution in [2.24, 2.45) is 0 Å². The summed E-state index contributed by atoms with van der Waals surface area (Å²) in [6, 6.07) is 7.36. The first kappa shape index (κ1) is 14.5. The molecule has 0 aliphatic carbocycles. The molecule has 96 valence electrons. The normalized spacial score (nSPS) is 10.6. The molecule has 0 unspecified atom stereocenters. The minimum absolute atomic E-state index is 0.00421. The van der Waals surface area contributed by atoms with Crippen molar-refractivity contribution in [1.29, 1.82) is 0 Å². The van der Waals surface area contributed by atoms with E-state index in [-0.39, 0.29) is 5.91 Å². The van der Waals surface area contributed by atoms with Gasteiger partial charge < -0.3 is 4.90 Å². The molecule has 1 aromatic rings. The van der Waals surface area contributed by atoms with Crippen LogP contribution in [-0.4, -0.2) is 23.9 Å². The summed E-state index contributed by atoms with van der Waals surface area (Å²) in [5.74, 6) is -0.00421. The van der Waals surface area contributed by atoms with E-state index in [1.54, 1.807) is 29.2 Å². The number of amides is 1. The summed E-state index contributed by atoms with van der Waals surface area (Å²) in [5, 5.41) is 0.691. The lowest BCUT2D eigenvalue weighted by Gasteiger charge is -2.18. The molecule has 0 atom stereocenters. The summed E-state index contributed by atoms with van der Waals surface area (Å²) in [6.07, 6.45) is 3.37. The Morgan fingerprint density at radius 1 is 1.39 bits per heavy atom. The van der Waals surface area contributed by atoms with Crippen LogP contribution >= 0.6 is 11.6 Å². The lowest BCUT2D eigenvalue weighted by Crippen LogP contribution is -2.30. The highest BCUT2D eigenvalue weighted by atomic mass is 35.5. The number of rotatable bonds is 5. The van der Waals surface area contributed by atoms with Crippen molar-refractivity contribution in [1.82, 2.24) is 4.90 Å². The Kier molecular flexibility index (Phi) is 5.66. The van der Waals surface area contributed by atoms with Crippen LogP contribution in [0, 0.1) is 0 Å². The Hall–Kier alpha value is -1.54. The van der Waals surface area contributed by atoms with Crippen molar-refractivity contribution >= 4 is 23.6 Å². The summed E-state index contributed by atoms with van der Waals surface area (Å²) in [5.41, 5.74) is 1.93. The van der Waals surface area contributed by atoms with Crippen molar-refractivity contribution in [2.75, 3.05) is 13.1 Å². The summed E-state index contributed by atoms with van der Waals surface area (Å²) in [4.78, 5) is 13.7. The molecule has 0 aliphatic heterocycles. The summed E-state index contributed by atoms with van der Waals surface area (Å²) >= 11 is 5.80. The zero-order valence-corrected chi connectivity index (χ0v) is 11.6. The fourth-order valence-corrected chi connectivity index (χ4v) is 1.64. The van der Waals surface area contributed by atoms with E-state index in [0.29, 0.717) is 18.1 Å². The molecule has 0 radical (unpaired) electrons. The molecule has 0 spiro atoms. The van der Waals surface area contributed by atoms with Gasteiger partial charge in [0.2, 0.25) is 5.91 Å². The monoisotopic (exact) mass is 263 g/mol. The molecule has 3 heteroatoms. The Bertz CT molecular complexity index is 448. The van der Waals surface area contributed by atoms with Gasteiger partial charge in [0.05, 0.1) is 0 Å². The number of hydrogen-bond acceptors (Lipinski definition) is 1. The highest BCUT2D eigenvalue weighted by Crippen LogP contribution is 2.10. The highest BCUT2D eigenvalue weighted by Gasteiger charge is 2.07. The van der Waals surface area contributed by atoms with Crippen LogP contribution < -0.4 is 0 Å². The Balaban J connectivity index is 2.67. The van der Waals surface area contributed by atoms with Gasteiger partial charge in [-0.15, -0.1) is 0 Å². The van der Waals surface area contributed by atoms with Gasteiger partial charge in [0, 0.05) is 24.2 Å². The standard InChI is InChI=1S/C15H18ClNO/c1-4-17(11-12(2)3)15(18)10-7-13-5-8-14(16)9-6-13/h5-10H,2,4,11H2,1,3H3/b10-7+. The van der Waals surface area contributed by atoms with Crippen molar-refractivity contribution in [3.05, 3.63) is 53.1 Å². The minimum Gasteiger partial charge on any atom is -0.335 e. The minimum atomic E-state index is -0.00421. The Morgan fingerprint density at radius 2 is 2.00 bits per heavy atom. The van der Waals surface area contributed by atoms with E-state index in [1.165, 1.54) is 0 Å². The average molecular weight is 264 g/mol. The van der Waals surface area contributed by atoms with Gasteiger partial charge in [-0.25, -0.2) is 0 Å². The fraction of sp³-hybridized carbons (Fsp3) is 0.267. The maximum absolute atomic E-state index is 11.9. The van der Waals surface area contributed by atoms with Crippen molar-refractivity contribution < 1.29 is 4.79 Å². The molecule has 0 fully saturated rings. The maximum Gasteiger partial charge on any atom is 0.246 e. The second-order valence-electron chi connectivity index (χ2n) is 4.19. The van der Waals surface area contributed by atoms with Gasteiger partial charge in [-0.05, 0) is 37.6 Å². The molecule has 0 bridgehead atoms. The van der Waals surface area contributed by atoms with E-state index in [9.17, 15) is 4.79 Å². The number of halogens is 1. The number of likely N-dealkylation sites (N-methyl/N-ethyl adjacent to an activating group) is 1. The lowest BCUT2D eigenvalue weighted by molar-refractivity contribution is -0.125. The number of nitrogens with zero attached hydrogens (tertiary/aromatic N) is 1. The third-order valence-electron chi connectivity index (χ3n) is 2.44. The van der Waals surface area contributed by atoms with Crippen LogP contribution in [-0.2, 0) is 4.79 Å². The topological polar surface area (TPSA) is 20.3 Å². The van der Waals surface area contributed by atoms with Crippen LogP contribution in [0.4, 0.5) is 0 Å². The first-order chi connectivity index (χ1) is 8.52. The van der Waals surface area contributed by atoms with Crippen molar-refractivity contribution in [3.63, 3.8) is 0 Å².